The first-order valence-corrected chi connectivity index (χ1v) is 3.70. The van der Waals surface area contributed by atoms with Crippen molar-refractivity contribution in [3.63, 3.8) is 0 Å². The van der Waals surface area contributed by atoms with Crippen LogP contribution in [-0.4, -0.2) is 28.2 Å². The van der Waals surface area contributed by atoms with E-state index < -0.39 is 0 Å². The van der Waals surface area contributed by atoms with Gasteiger partial charge in [-0.1, -0.05) is 0 Å². The van der Waals surface area contributed by atoms with E-state index in [0.29, 0.717) is 0 Å². The van der Waals surface area contributed by atoms with Crippen molar-refractivity contribution in [3.05, 3.63) is 0 Å². The summed E-state index contributed by atoms with van der Waals surface area (Å²) in [6.45, 7) is 1.47. The van der Waals surface area contributed by atoms with Gasteiger partial charge >= 0.3 is 15.0 Å². The number of hydrogen-bond acceptors (Lipinski definition) is 4. The van der Waals surface area contributed by atoms with E-state index in [1.807, 2.05) is 0 Å². The summed E-state index contributed by atoms with van der Waals surface area (Å²) in [5, 5.41) is 0. The molecule has 2 rings (SSSR count). The van der Waals surface area contributed by atoms with Crippen LogP contribution in [0.1, 0.15) is 6.42 Å². The maximum absolute atomic E-state index is 4.51. The molecule has 0 aromatic rings. The minimum Gasteiger partial charge on any atom is -0.311 e. The van der Waals surface area contributed by atoms with Crippen molar-refractivity contribution in [2.24, 2.45) is 0 Å². The Morgan fingerprint density at radius 1 is 0.818 bits per heavy atom. The highest BCUT2D eigenvalue weighted by atomic mass is 17.2. The van der Waals surface area contributed by atoms with E-state index in [2.05, 4.69) is 19.4 Å². The zero-order valence-corrected chi connectivity index (χ0v) is 6.32. The summed E-state index contributed by atoms with van der Waals surface area (Å²) < 4.78 is 0. The Bertz CT molecular complexity index is 65.4. The number of hydrogen-bond donors (Lipinski definition) is 0. The molecule has 2 aliphatic heterocycles. The largest absolute Gasteiger partial charge is 0.346 e. The first-order valence-electron chi connectivity index (χ1n) is 3.70. The fourth-order valence-corrected chi connectivity index (χ4v) is 0.610. The second-order valence-electron chi connectivity index (χ2n) is 2.10. The summed E-state index contributed by atoms with van der Waals surface area (Å²) in [5.74, 6) is 0. The zero-order valence-electron chi connectivity index (χ0n) is 6.32. The van der Waals surface area contributed by atoms with Gasteiger partial charge in [0.05, 0.1) is 13.2 Å². The minimum absolute atomic E-state index is 0.722. The fourth-order valence-electron chi connectivity index (χ4n) is 0.610. The summed E-state index contributed by atoms with van der Waals surface area (Å²) in [7, 11) is 3.31. The smallest absolute Gasteiger partial charge is 0.311 e. The van der Waals surface area contributed by atoms with Gasteiger partial charge in [-0.05, 0) is 19.1 Å². The molecule has 6 heteroatoms. The highest BCUT2D eigenvalue weighted by Crippen LogP contribution is 1.97. The quantitative estimate of drug-likeness (QED) is 0.374. The lowest BCUT2D eigenvalue weighted by atomic mass is 9.93. The van der Waals surface area contributed by atoms with Crippen LogP contribution in [0.25, 0.3) is 0 Å². The Labute approximate surface area is 67.6 Å². The van der Waals surface area contributed by atoms with Crippen LogP contribution < -0.4 is 0 Å². The molecule has 2 aliphatic rings. The Morgan fingerprint density at radius 3 is 1.73 bits per heavy atom. The Morgan fingerprint density at radius 2 is 1.55 bits per heavy atom. The first kappa shape index (κ1) is 9.06. The molecule has 60 valence electrons. The van der Waals surface area contributed by atoms with Crippen LogP contribution in [-0.2, 0) is 19.4 Å². The molecule has 0 aromatic heterocycles. The predicted octanol–water partition coefficient (Wildman–Crippen LogP) is 0.361. The van der Waals surface area contributed by atoms with Crippen molar-refractivity contribution in [1.82, 2.24) is 0 Å². The van der Waals surface area contributed by atoms with Crippen LogP contribution in [0.4, 0.5) is 0 Å². The van der Waals surface area contributed by atoms with Crippen LogP contribution in [0.2, 0.25) is 12.6 Å². The topological polar surface area (TPSA) is 36.9 Å². The Hall–Kier alpha value is -0.0301. The molecule has 0 unspecified atom stereocenters. The van der Waals surface area contributed by atoms with Gasteiger partial charge in [0, 0.05) is 0 Å². The molecule has 0 amide bonds. The molecule has 0 saturated carbocycles. The van der Waals surface area contributed by atoms with E-state index in [-0.39, 0.29) is 0 Å². The van der Waals surface area contributed by atoms with E-state index in [1.54, 1.807) is 15.0 Å². The van der Waals surface area contributed by atoms with Crippen LogP contribution in [0.15, 0.2) is 0 Å². The SMILES string of the molecule is [B]1CCCOO1.[B]1CCOO1. The molecule has 0 aromatic carbocycles. The van der Waals surface area contributed by atoms with Crippen molar-refractivity contribution in [1.29, 1.82) is 0 Å². The molecule has 0 spiro atoms. The molecular formula is C5H10B2O4. The second-order valence-corrected chi connectivity index (χ2v) is 2.10. The van der Waals surface area contributed by atoms with Gasteiger partial charge in [-0.25, -0.2) is 0 Å². The molecular weight excluding hydrogens is 146 g/mol. The van der Waals surface area contributed by atoms with E-state index >= 15 is 0 Å². The van der Waals surface area contributed by atoms with Crippen LogP contribution >= 0.6 is 0 Å². The molecule has 0 aliphatic carbocycles. The van der Waals surface area contributed by atoms with Gasteiger partial charge in [-0.15, -0.1) is 0 Å². The third-order valence-corrected chi connectivity index (χ3v) is 1.14. The predicted molar refractivity (Wildman–Crippen MR) is 39.8 cm³/mol. The normalized spacial score (nSPS) is 22.5. The average Bonchev–Trinajstić information content (AvgIpc) is 2.64. The first-order chi connectivity index (χ1) is 5.50. The van der Waals surface area contributed by atoms with Crippen molar-refractivity contribution in [2.75, 3.05) is 13.2 Å². The summed E-state index contributed by atoms with van der Waals surface area (Å²) in [6.07, 6.45) is 3.06. The third-order valence-electron chi connectivity index (χ3n) is 1.14. The standard InChI is InChI=1S/C3H6BO2.C2H4BO2/c1-2-4-6-5-3-1;1-2-4-5-3-1/h1-3H2;1-2H2. The molecule has 11 heavy (non-hydrogen) atoms. The van der Waals surface area contributed by atoms with Gasteiger partial charge in [-0.2, -0.15) is 0 Å². The average molecular weight is 156 g/mol. The minimum atomic E-state index is 0.722. The van der Waals surface area contributed by atoms with Crippen molar-refractivity contribution < 1.29 is 19.4 Å². The molecule has 2 fully saturated rings. The van der Waals surface area contributed by atoms with Gasteiger partial charge < -0.3 is 9.61 Å². The maximum atomic E-state index is 4.51. The maximum Gasteiger partial charge on any atom is 0.346 e. The molecule has 2 saturated heterocycles. The van der Waals surface area contributed by atoms with E-state index in [9.17, 15) is 0 Å². The lowest BCUT2D eigenvalue weighted by Crippen LogP contribution is -2.08. The molecule has 0 N–H and O–H groups in total. The van der Waals surface area contributed by atoms with Crippen LogP contribution in [0.3, 0.4) is 0 Å². The van der Waals surface area contributed by atoms with Crippen LogP contribution in [0, 0.1) is 0 Å². The van der Waals surface area contributed by atoms with Crippen molar-refractivity contribution in [2.45, 2.75) is 19.1 Å². The summed E-state index contributed by atoms with van der Waals surface area (Å²) in [4.78, 5) is 17.7. The monoisotopic (exact) mass is 156 g/mol. The fraction of sp³-hybridized carbons (Fsp3) is 1.00. The van der Waals surface area contributed by atoms with Gasteiger partial charge in [-0.3, -0.25) is 9.78 Å². The molecule has 0 bridgehead atoms. The highest BCUT2D eigenvalue weighted by Gasteiger charge is 2.00. The van der Waals surface area contributed by atoms with Gasteiger partial charge in [0.2, 0.25) is 0 Å². The van der Waals surface area contributed by atoms with E-state index in [1.165, 1.54) is 0 Å². The highest BCUT2D eigenvalue weighted by molar-refractivity contribution is 6.27. The van der Waals surface area contributed by atoms with Crippen molar-refractivity contribution in [3.8, 4) is 0 Å². The van der Waals surface area contributed by atoms with Crippen molar-refractivity contribution >= 4 is 15.0 Å². The summed E-state index contributed by atoms with van der Waals surface area (Å²) in [5.41, 5.74) is 0. The molecule has 2 radical (unpaired) electrons. The Kier molecular flexibility index (Phi) is 5.49. The van der Waals surface area contributed by atoms with Gasteiger partial charge in [0.15, 0.2) is 0 Å². The lowest BCUT2D eigenvalue weighted by molar-refractivity contribution is -0.216. The number of rotatable bonds is 0. The summed E-state index contributed by atoms with van der Waals surface area (Å²) in [6, 6.07) is 0. The molecule has 0 atom stereocenters. The van der Waals surface area contributed by atoms with Gasteiger partial charge in [0.25, 0.3) is 0 Å². The molecule has 2 heterocycles. The van der Waals surface area contributed by atoms with Gasteiger partial charge in [0.1, 0.15) is 0 Å². The summed E-state index contributed by atoms with van der Waals surface area (Å²) >= 11 is 0. The third kappa shape index (κ3) is 5.26. The van der Waals surface area contributed by atoms with E-state index in [0.717, 1.165) is 32.3 Å². The lowest BCUT2D eigenvalue weighted by Gasteiger charge is -2.06. The molecule has 4 nitrogen and oxygen atoms in total. The second kappa shape index (κ2) is 6.67. The Balaban J connectivity index is 0.000000112. The van der Waals surface area contributed by atoms with Crippen LogP contribution in [0.5, 0.6) is 0 Å². The van der Waals surface area contributed by atoms with E-state index in [4.69, 9.17) is 0 Å². The zero-order chi connectivity index (χ0) is 7.78.